The molecule has 0 bridgehead atoms. The van der Waals surface area contributed by atoms with Crippen LogP contribution in [-0.4, -0.2) is 41.1 Å². The molecule has 166 valence electrons. The minimum atomic E-state index is -0.177. The van der Waals surface area contributed by atoms with Gasteiger partial charge in [0.2, 0.25) is 5.43 Å². The van der Waals surface area contributed by atoms with Gasteiger partial charge in [0.1, 0.15) is 5.56 Å². The molecule has 6 nitrogen and oxygen atoms in total. The van der Waals surface area contributed by atoms with Crippen molar-refractivity contribution < 1.29 is 4.79 Å². The second kappa shape index (κ2) is 8.52. The van der Waals surface area contributed by atoms with Crippen molar-refractivity contribution in [1.29, 1.82) is 0 Å². The Labute approximate surface area is 188 Å². The van der Waals surface area contributed by atoms with E-state index in [1.807, 2.05) is 34.7 Å². The molecule has 1 amide bonds. The second-order valence-corrected chi connectivity index (χ2v) is 9.17. The van der Waals surface area contributed by atoms with Crippen LogP contribution in [0.3, 0.4) is 0 Å². The van der Waals surface area contributed by atoms with E-state index in [1.165, 1.54) is 11.1 Å². The standard InChI is InChI=1S/C26H30N4O2/c1-17-8-3-4-10-19(17)21-14-27-28-24(21)18-9-7-13-30(15-18)26(32)22-16-29(2)23-12-6-5-11-20(23)25(22)31/h3-6,8,10-12,16,18,21,24,27-28H,7,9,13-15H2,1-2H3. The first-order valence-corrected chi connectivity index (χ1v) is 11.5. The molecule has 2 fully saturated rings. The molecule has 2 aliphatic heterocycles. The number of carbonyl (C=O) groups excluding carboxylic acids is 1. The summed E-state index contributed by atoms with van der Waals surface area (Å²) in [6, 6.07) is 16.3. The van der Waals surface area contributed by atoms with E-state index >= 15 is 0 Å². The summed E-state index contributed by atoms with van der Waals surface area (Å²) in [5.41, 5.74) is 10.4. The molecule has 2 aromatic carbocycles. The van der Waals surface area contributed by atoms with E-state index in [1.54, 1.807) is 12.3 Å². The molecular weight excluding hydrogens is 400 g/mol. The number of nitrogens with one attached hydrogen (secondary N) is 2. The molecule has 0 spiro atoms. The van der Waals surface area contributed by atoms with Crippen LogP contribution >= 0.6 is 0 Å². The van der Waals surface area contributed by atoms with E-state index in [0.717, 1.165) is 24.9 Å². The number of likely N-dealkylation sites (tertiary alicyclic amines) is 1. The zero-order valence-electron chi connectivity index (χ0n) is 18.7. The molecule has 6 heteroatoms. The molecule has 5 rings (SSSR count). The number of hydrogen-bond donors (Lipinski definition) is 2. The van der Waals surface area contributed by atoms with Gasteiger partial charge in [0.15, 0.2) is 0 Å². The summed E-state index contributed by atoms with van der Waals surface area (Å²) in [5, 5.41) is 0.593. The zero-order valence-corrected chi connectivity index (χ0v) is 18.7. The van der Waals surface area contributed by atoms with E-state index in [-0.39, 0.29) is 22.9 Å². The van der Waals surface area contributed by atoms with E-state index in [2.05, 4.69) is 42.0 Å². The predicted octanol–water partition coefficient (Wildman–Crippen LogP) is 2.96. The summed E-state index contributed by atoms with van der Waals surface area (Å²) in [4.78, 5) is 28.4. The third-order valence-corrected chi connectivity index (χ3v) is 7.19. The Morgan fingerprint density at radius 1 is 1.09 bits per heavy atom. The lowest BCUT2D eigenvalue weighted by atomic mass is 9.80. The fraction of sp³-hybridized carbons (Fsp3) is 0.385. The lowest BCUT2D eigenvalue weighted by Gasteiger charge is -2.37. The van der Waals surface area contributed by atoms with Crippen LogP contribution in [0.25, 0.3) is 10.9 Å². The maximum atomic E-state index is 13.5. The third kappa shape index (κ3) is 3.63. The van der Waals surface area contributed by atoms with Gasteiger partial charge < -0.3 is 9.47 Å². The number of nitrogens with zero attached hydrogens (tertiary/aromatic N) is 2. The van der Waals surface area contributed by atoms with Gasteiger partial charge in [-0.3, -0.25) is 20.4 Å². The molecule has 3 atom stereocenters. The molecule has 2 aliphatic rings. The van der Waals surface area contributed by atoms with Crippen molar-refractivity contribution in [1.82, 2.24) is 20.3 Å². The van der Waals surface area contributed by atoms with Crippen LogP contribution in [-0.2, 0) is 7.05 Å². The molecule has 0 aliphatic carbocycles. The number of para-hydroxylation sites is 1. The van der Waals surface area contributed by atoms with Crippen molar-refractivity contribution in [3.05, 3.63) is 81.6 Å². The molecule has 1 aromatic heterocycles. The number of piperidine rings is 1. The third-order valence-electron chi connectivity index (χ3n) is 7.19. The quantitative estimate of drug-likeness (QED) is 0.671. The SMILES string of the molecule is Cc1ccccc1C1CNNC1C1CCCN(C(=O)c2cn(C)c3ccccc3c2=O)C1. The summed E-state index contributed by atoms with van der Waals surface area (Å²) >= 11 is 0. The Morgan fingerprint density at radius 2 is 1.88 bits per heavy atom. The smallest absolute Gasteiger partial charge is 0.259 e. The maximum absolute atomic E-state index is 13.5. The summed E-state index contributed by atoms with van der Waals surface area (Å²) in [5.74, 6) is 0.542. The molecule has 32 heavy (non-hydrogen) atoms. The number of aromatic nitrogens is 1. The van der Waals surface area contributed by atoms with Crippen LogP contribution in [0.4, 0.5) is 0 Å². The zero-order chi connectivity index (χ0) is 22.2. The van der Waals surface area contributed by atoms with E-state index in [9.17, 15) is 9.59 Å². The van der Waals surface area contributed by atoms with Crippen molar-refractivity contribution in [2.45, 2.75) is 31.7 Å². The molecule has 2 saturated heterocycles. The highest BCUT2D eigenvalue weighted by Gasteiger charge is 2.38. The molecule has 3 unspecified atom stereocenters. The number of benzene rings is 2. The van der Waals surface area contributed by atoms with Crippen molar-refractivity contribution in [3.8, 4) is 0 Å². The average Bonchev–Trinajstić information content (AvgIpc) is 3.31. The number of carbonyl (C=O) groups is 1. The summed E-state index contributed by atoms with van der Waals surface area (Å²) < 4.78 is 1.88. The lowest BCUT2D eigenvalue weighted by Crippen LogP contribution is -2.49. The van der Waals surface area contributed by atoms with Gasteiger partial charge in [-0.2, -0.15) is 0 Å². The monoisotopic (exact) mass is 430 g/mol. The molecular formula is C26H30N4O2. The van der Waals surface area contributed by atoms with E-state index in [0.29, 0.717) is 30.3 Å². The van der Waals surface area contributed by atoms with Crippen molar-refractivity contribution >= 4 is 16.8 Å². The highest BCUT2D eigenvalue weighted by atomic mass is 16.2. The largest absolute Gasteiger partial charge is 0.350 e. The van der Waals surface area contributed by atoms with Crippen molar-refractivity contribution in [3.63, 3.8) is 0 Å². The van der Waals surface area contributed by atoms with Crippen LogP contribution in [0.15, 0.2) is 59.5 Å². The Bertz CT molecular complexity index is 1220. The first-order valence-electron chi connectivity index (χ1n) is 11.5. The average molecular weight is 431 g/mol. The number of fused-ring (bicyclic) bond motifs is 1. The molecule has 0 saturated carbocycles. The molecule has 0 radical (unpaired) electrons. The van der Waals surface area contributed by atoms with Crippen molar-refractivity contribution in [2.75, 3.05) is 19.6 Å². The Kier molecular flexibility index (Phi) is 5.57. The minimum Gasteiger partial charge on any atom is -0.350 e. The fourth-order valence-corrected chi connectivity index (χ4v) is 5.52. The van der Waals surface area contributed by atoms with Gasteiger partial charge in [0.25, 0.3) is 5.91 Å². The van der Waals surface area contributed by atoms with E-state index < -0.39 is 0 Å². The van der Waals surface area contributed by atoms with Crippen LogP contribution in [0.2, 0.25) is 0 Å². The first-order chi connectivity index (χ1) is 15.5. The Morgan fingerprint density at radius 3 is 2.72 bits per heavy atom. The number of pyridine rings is 1. The molecule has 2 N–H and O–H groups in total. The highest BCUT2D eigenvalue weighted by molar-refractivity contribution is 5.97. The van der Waals surface area contributed by atoms with Gasteiger partial charge in [-0.25, -0.2) is 0 Å². The van der Waals surface area contributed by atoms with Gasteiger partial charge in [0, 0.05) is 50.2 Å². The minimum absolute atomic E-state index is 0.153. The van der Waals surface area contributed by atoms with Gasteiger partial charge in [-0.05, 0) is 48.9 Å². The first kappa shape index (κ1) is 20.9. The number of amides is 1. The van der Waals surface area contributed by atoms with Gasteiger partial charge in [0.05, 0.1) is 5.52 Å². The van der Waals surface area contributed by atoms with Crippen LogP contribution in [0.5, 0.6) is 0 Å². The second-order valence-electron chi connectivity index (χ2n) is 9.17. The summed E-state index contributed by atoms with van der Waals surface area (Å²) in [6.07, 6.45) is 3.71. The Balaban J connectivity index is 1.40. The van der Waals surface area contributed by atoms with Crippen LogP contribution in [0, 0.1) is 12.8 Å². The number of hydrazine groups is 1. The lowest BCUT2D eigenvalue weighted by molar-refractivity contribution is 0.0642. The number of aryl methyl sites for hydroxylation is 2. The normalized spacial score (nSPS) is 23.6. The Hall–Kier alpha value is -2.96. The number of rotatable bonds is 3. The summed E-state index contributed by atoms with van der Waals surface area (Å²) in [7, 11) is 1.89. The van der Waals surface area contributed by atoms with Crippen molar-refractivity contribution in [2.24, 2.45) is 13.0 Å². The maximum Gasteiger partial charge on any atom is 0.259 e. The fourth-order valence-electron chi connectivity index (χ4n) is 5.52. The van der Waals surface area contributed by atoms with E-state index in [4.69, 9.17) is 0 Å². The highest BCUT2D eigenvalue weighted by Crippen LogP contribution is 2.33. The van der Waals surface area contributed by atoms with Gasteiger partial charge in [-0.1, -0.05) is 36.4 Å². The molecule has 3 heterocycles. The predicted molar refractivity (Wildman–Crippen MR) is 127 cm³/mol. The topological polar surface area (TPSA) is 66.4 Å². The summed E-state index contributed by atoms with van der Waals surface area (Å²) in [6.45, 7) is 4.40. The van der Waals surface area contributed by atoms with Crippen LogP contribution in [0.1, 0.15) is 40.2 Å². The van der Waals surface area contributed by atoms with Crippen LogP contribution < -0.4 is 16.3 Å². The van der Waals surface area contributed by atoms with Gasteiger partial charge >= 0.3 is 0 Å². The van der Waals surface area contributed by atoms with Gasteiger partial charge in [-0.15, -0.1) is 0 Å². The number of hydrogen-bond acceptors (Lipinski definition) is 4. The molecule has 3 aromatic rings.